The van der Waals surface area contributed by atoms with Crippen molar-refractivity contribution in [1.82, 2.24) is 39.7 Å². The van der Waals surface area contributed by atoms with E-state index in [1.54, 1.807) is 82.8 Å². The first-order valence-corrected chi connectivity index (χ1v) is 36.5. The van der Waals surface area contributed by atoms with Gasteiger partial charge >= 0.3 is 27.0 Å². The molecule has 18 nitrogen and oxygen atoms in total. The highest BCUT2D eigenvalue weighted by molar-refractivity contribution is 7.99. The highest BCUT2D eigenvalue weighted by atomic mass is 32.2. The van der Waals surface area contributed by atoms with Crippen molar-refractivity contribution in [3.63, 3.8) is 0 Å². The fourth-order valence-corrected chi connectivity index (χ4v) is 17.1. The monoisotopic (exact) mass is 1350 g/mol. The molecule has 0 saturated heterocycles. The molecule has 0 aliphatic heterocycles. The van der Waals surface area contributed by atoms with Gasteiger partial charge in [0.1, 0.15) is 23.7 Å². The summed E-state index contributed by atoms with van der Waals surface area (Å²) in [5.41, 5.74) is 4.80. The van der Waals surface area contributed by atoms with Crippen LogP contribution in [0.3, 0.4) is 0 Å². The zero-order valence-corrected chi connectivity index (χ0v) is 56.4. The van der Waals surface area contributed by atoms with Crippen molar-refractivity contribution in [3.05, 3.63) is 240 Å². The first kappa shape index (κ1) is 66.2. The van der Waals surface area contributed by atoms with Crippen molar-refractivity contribution in [2.45, 2.75) is 71.3 Å². The van der Waals surface area contributed by atoms with E-state index in [9.17, 15) is 19.2 Å². The Morgan fingerprint density at radius 1 is 0.510 bits per heavy atom. The molecule has 2 unspecified atom stereocenters. The lowest BCUT2D eigenvalue weighted by molar-refractivity contribution is -0.149. The van der Waals surface area contributed by atoms with E-state index in [1.165, 1.54) is 32.4 Å². The molecular weight excluding hydrogens is 1290 g/mol. The highest BCUT2D eigenvalue weighted by Gasteiger charge is 2.40. The van der Waals surface area contributed by atoms with Gasteiger partial charge in [0.2, 0.25) is 0 Å². The van der Waals surface area contributed by atoms with Gasteiger partial charge < -0.3 is 29.2 Å². The fourth-order valence-electron chi connectivity index (χ4n) is 10.5. The Labute approximate surface area is 563 Å². The molecular formula is C74H68N8O10P2S2. The van der Waals surface area contributed by atoms with E-state index in [1.807, 2.05) is 176 Å². The number of pyridine rings is 2. The highest BCUT2D eigenvalue weighted by Crippen LogP contribution is 2.55. The van der Waals surface area contributed by atoms with Gasteiger partial charge in [-0.05, 0) is 159 Å². The van der Waals surface area contributed by atoms with Gasteiger partial charge in [0.15, 0.2) is 0 Å². The zero-order valence-electron chi connectivity index (χ0n) is 53.0. The summed E-state index contributed by atoms with van der Waals surface area (Å²) >= 11 is 2.83. The van der Waals surface area contributed by atoms with Crippen LogP contribution in [0.5, 0.6) is 11.5 Å². The number of esters is 2. The van der Waals surface area contributed by atoms with Gasteiger partial charge in [-0.2, -0.15) is 19.1 Å². The predicted octanol–water partition coefficient (Wildman–Crippen LogP) is 16.3. The smallest absolute Gasteiger partial charge is 0.364 e. The summed E-state index contributed by atoms with van der Waals surface area (Å²) in [7, 11) is -4.70. The number of ether oxygens (including phenoxy) is 2. The van der Waals surface area contributed by atoms with E-state index >= 15 is 9.13 Å². The molecule has 0 spiro atoms. The molecule has 2 N–H and O–H groups in total. The van der Waals surface area contributed by atoms with Gasteiger partial charge in [0.25, 0.3) is 11.8 Å². The second-order valence-corrected chi connectivity index (χ2v) is 29.8. The number of aromatic nitrogens is 6. The van der Waals surface area contributed by atoms with Crippen LogP contribution < -0.4 is 19.7 Å². The van der Waals surface area contributed by atoms with E-state index in [0.717, 1.165) is 78.2 Å². The Balaban J connectivity index is 0.000000184. The van der Waals surface area contributed by atoms with Crippen LogP contribution in [0.2, 0.25) is 0 Å². The Hall–Kier alpha value is -9.84. The lowest BCUT2D eigenvalue weighted by Gasteiger charge is -2.23. The minimum atomic E-state index is -4.00. The molecule has 11 aromatic rings. The maximum absolute atomic E-state index is 15.6. The SMILES string of the molecule is CNC(=O)c1ccccc1Sc1ccc2c(/C=C/c3ccccn3)nn(P(=O)(C[C@@H](C)C(=O)OC3CC3)Oc3cccc4ccccc34)c2c1.CNC(=O)c1ccccc1Sc1ccc2c(/C=C/c3ccccn3)nn(P(=O)(C[C@@H](C)C(=O)OC3CC3)Oc3ccccc3)c2c1. The molecule has 2 amide bonds. The maximum atomic E-state index is 15.6. The summed E-state index contributed by atoms with van der Waals surface area (Å²) < 4.78 is 57.7. The number of amides is 2. The molecule has 0 radical (unpaired) electrons. The molecule has 4 atom stereocenters. The molecule has 13 rings (SSSR count). The van der Waals surface area contributed by atoms with Crippen LogP contribution in [0.1, 0.15) is 83.0 Å². The third-order valence-electron chi connectivity index (χ3n) is 15.7. The molecule has 0 bridgehead atoms. The van der Waals surface area contributed by atoms with Gasteiger partial charge in [-0.15, -0.1) is 0 Å². The number of nitrogens with zero attached hydrogens (tertiary/aromatic N) is 6. The summed E-state index contributed by atoms with van der Waals surface area (Å²) in [6.45, 7) is 3.42. The molecule has 7 aromatic carbocycles. The molecule has 2 aliphatic rings. The molecule has 22 heteroatoms. The number of fused-ring (bicyclic) bond motifs is 3. The second kappa shape index (κ2) is 29.8. The van der Waals surface area contributed by atoms with Crippen LogP contribution in [0.25, 0.3) is 56.9 Å². The Morgan fingerprint density at radius 3 is 1.44 bits per heavy atom. The minimum absolute atomic E-state index is 0.0736. The molecule has 2 aliphatic carbocycles. The number of nitrogens with one attached hydrogen (secondary N) is 2. The lowest BCUT2D eigenvalue weighted by atomic mass is 10.1. The van der Waals surface area contributed by atoms with Gasteiger partial charge in [-0.25, -0.2) is 0 Å². The van der Waals surface area contributed by atoms with Crippen molar-refractivity contribution in [3.8, 4) is 11.5 Å². The van der Waals surface area contributed by atoms with E-state index in [0.29, 0.717) is 45.0 Å². The predicted molar refractivity (Wildman–Crippen MR) is 378 cm³/mol. The fraction of sp³-hybridized carbons (Fsp3) is 0.189. The number of benzene rings is 7. The van der Waals surface area contributed by atoms with E-state index in [4.69, 9.17) is 28.7 Å². The number of carbonyl (C=O) groups is 4. The van der Waals surface area contributed by atoms with Crippen LogP contribution in [0.15, 0.2) is 226 Å². The van der Waals surface area contributed by atoms with Crippen molar-refractivity contribution in [1.29, 1.82) is 0 Å². The number of carbonyl (C=O) groups excluding carboxylic acids is 4. The average Bonchev–Trinajstić information content (AvgIpc) is 1.62. The first-order valence-electron chi connectivity index (χ1n) is 31.4. The van der Waals surface area contributed by atoms with Gasteiger partial charge in [-0.3, -0.25) is 38.3 Å². The zero-order chi connectivity index (χ0) is 66.8. The number of para-hydroxylation sites is 1. The van der Waals surface area contributed by atoms with Gasteiger partial charge in [-0.1, -0.05) is 128 Å². The third-order valence-corrected chi connectivity index (χ3v) is 22.6. The molecule has 96 heavy (non-hydrogen) atoms. The number of hydrogen-bond acceptors (Lipinski definition) is 16. The van der Waals surface area contributed by atoms with Crippen LogP contribution in [0.4, 0.5) is 0 Å². The summed E-state index contributed by atoms with van der Waals surface area (Å²) in [6, 6.07) is 59.7. The topological polar surface area (TPSA) is 225 Å². The average molecular weight is 1360 g/mol. The van der Waals surface area contributed by atoms with Crippen LogP contribution in [-0.4, -0.2) is 91.5 Å². The molecule has 2 saturated carbocycles. The van der Waals surface area contributed by atoms with E-state index in [2.05, 4.69) is 20.6 Å². The standard InChI is InChI=1S/C39H35N4O5PS.C35H33N4O5PS/c1-26(39(45)47-29-18-19-29)25-49(46,48-36-15-9-11-27-10-3-4-13-31(27)36)43-35-24-30(50-37-16-6-5-14-33(37)38(44)40-2)20-21-32(35)34(42-43)22-17-28-12-7-8-23-41-28;1-24(35(41)43-26-16-17-26)23-45(42,44-27-11-4-3-5-12-27)39-32-22-28(46-33-14-7-6-13-30(33)34(40)36-2)18-19-29(32)31(38-39)20-15-25-10-8-9-21-37-25/h3-17,20-24,26,29H,18-19,25H2,1-2H3,(H,40,44);3-15,18-22,24,26H,16-17,23H2,1-2H3,(H,36,40)/b22-17+;20-15+/t26-,49?;24-,45?/m11/s1. The van der Waals surface area contributed by atoms with Crippen molar-refractivity contribution < 1.29 is 46.8 Å². The van der Waals surface area contributed by atoms with Crippen molar-refractivity contribution in [2.75, 3.05) is 26.4 Å². The first-order chi connectivity index (χ1) is 46.6. The Bertz CT molecular complexity index is 4830. The van der Waals surface area contributed by atoms with E-state index in [-0.39, 0.29) is 36.3 Å². The Kier molecular flexibility index (Phi) is 20.6. The largest absolute Gasteiger partial charge is 0.462 e. The van der Waals surface area contributed by atoms with Crippen molar-refractivity contribution in [2.24, 2.45) is 11.8 Å². The normalized spacial score (nSPS) is 14.8. The molecule has 2 fully saturated rings. The summed E-state index contributed by atoms with van der Waals surface area (Å²) in [6.07, 6.45) is 13.7. The Morgan fingerprint density at radius 2 is 0.958 bits per heavy atom. The van der Waals surface area contributed by atoms with Crippen LogP contribution >= 0.6 is 38.6 Å². The van der Waals surface area contributed by atoms with E-state index < -0.39 is 38.8 Å². The van der Waals surface area contributed by atoms with Crippen molar-refractivity contribution >= 4 is 119 Å². The summed E-state index contributed by atoms with van der Waals surface area (Å²) in [5, 5.41) is 18.4. The third kappa shape index (κ3) is 15.9. The number of rotatable bonds is 24. The number of hydrogen-bond donors (Lipinski definition) is 2. The molecule has 486 valence electrons. The second-order valence-electron chi connectivity index (χ2n) is 23.1. The maximum Gasteiger partial charge on any atom is 0.364 e. The quantitative estimate of drug-likeness (QED) is 0.0424. The van der Waals surface area contributed by atoms with Crippen LogP contribution in [-0.2, 0) is 28.2 Å². The summed E-state index contributed by atoms with van der Waals surface area (Å²) in [5.74, 6) is -1.83. The molecule has 4 heterocycles. The minimum Gasteiger partial charge on any atom is -0.462 e. The summed E-state index contributed by atoms with van der Waals surface area (Å²) in [4.78, 5) is 63.3. The van der Waals surface area contributed by atoms with Gasteiger partial charge in [0.05, 0.1) is 69.1 Å². The van der Waals surface area contributed by atoms with Gasteiger partial charge in [0, 0.05) is 62.2 Å². The van der Waals surface area contributed by atoms with Crippen LogP contribution in [0, 0.1) is 11.8 Å². The molecule has 4 aromatic heterocycles. The lowest BCUT2D eigenvalue weighted by Crippen LogP contribution is -2.23.